The molecule has 0 aliphatic carbocycles. The molecule has 1 aromatic rings. The summed E-state index contributed by atoms with van der Waals surface area (Å²) < 4.78 is 11.8. The first-order chi connectivity index (χ1) is 8.24. The van der Waals surface area contributed by atoms with Gasteiger partial charge in [-0.05, 0) is 6.92 Å². The van der Waals surface area contributed by atoms with Gasteiger partial charge in [0.15, 0.2) is 5.75 Å². The summed E-state index contributed by atoms with van der Waals surface area (Å²) in [5.74, 6) is 0.618. The maximum absolute atomic E-state index is 10.1. The third kappa shape index (κ3) is 3.69. The fourth-order valence-corrected chi connectivity index (χ4v) is 1.63. The maximum Gasteiger partial charge on any atom is 0.162 e. The van der Waals surface area contributed by atoms with Gasteiger partial charge in [0.05, 0.1) is 19.9 Å². The van der Waals surface area contributed by atoms with Crippen LogP contribution in [0.3, 0.4) is 0 Å². The Balaban J connectivity index is 2.60. The Kier molecular flexibility index (Phi) is 5.96. The lowest BCUT2D eigenvalue weighted by molar-refractivity contribution is 0.150. The van der Waals surface area contributed by atoms with Gasteiger partial charge in [-0.2, -0.15) is 5.10 Å². The van der Waals surface area contributed by atoms with E-state index in [-0.39, 0.29) is 0 Å². The van der Waals surface area contributed by atoms with E-state index >= 15 is 0 Å². The zero-order valence-electron chi connectivity index (χ0n) is 10.6. The van der Waals surface area contributed by atoms with Crippen LogP contribution in [0.2, 0.25) is 0 Å². The molecule has 1 unspecified atom stereocenters. The summed E-state index contributed by atoms with van der Waals surface area (Å²) in [5, 5.41) is 17.3. The molecular weight excluding hydrogens is 222 g/mol. The van der Waals surface area contributed by atoms with Crippen LogP contribution in [-0.2, 0) is 11.3 Å². The maximum atomic E-state index is 10.1. The van der Waals surface area contributed by atoms with Crippen LogP contribution in [0, 0.1) is 0 Å². The van der Waals surface area contributed by atoms with Gasteiger partial charge in [0.2, 0.25) is 0 Å². The van der Waals surface area contributed by atoms with Crippen molar-refractivity contribution in [3.05, 3.63) is 11.9 Å². The molecule has 0 saturated heterocycles. The average molecular weight is 243 g/mol. The molecule has 6 heteroatoms. The number of methoxy groups -OCH3 is 2. The Hall–Kier alpha value is -1.11. The number of aliphatic hydroxyl groups is 1. The van der Waals surface area contributed by atoms with Crippen molar-refractivity contribution in [2.75, 3.05) is 33.9 Å². The molecule has 0 bridgehead atoms. The molecule has 17 heavy (non-hydrogen) atoms. The molecule has 0 amide bonds. The van der Waals surface area contributed by atoms with E-state index in [1.807, 2.05) is 6.92 Å². The van der Waals surface area contributed by atoms with E-state index in [0.717, 1.165) is 0 Å². The topological polar surface area (TPSA) is 68.5 Å². The predicted octanol–water partition coefficient (Wildman–Crippen LogP) is 0.181. The molecule has 6 nitrogen and oxygen atoms in total. The van der Waals surface area contributed by atoms with Crippen LogP contribution in [0.25, 0.3) is 0 Å². The molecule has 0 aliphatic heterocycles. The van der Waals surface area contributed by atoms with E-state index in [4.69, 9.17) is 9.47 Å². The van der Waals surface area contributed by atoms with Crippen molar-refractivity contribution in [1.82, 2.24) is 15.1 Å². The van der Waals surface area contributed by atoms with Gasteiger partial charge in [0, 0.05) is 26.7 Å². The molecule has 0 aromatic carbocycles. The summed E-state index contributed by atoms with van der Waals surface area (Å²) in [6.45, 7) is 4.45. The Morgan fingerprint density at radius 1 is 1.53 bits per heavy atom. The van der Waals surface area contributed by atoms with E-state index in [1.54, 1.807) is 25.1 Å². The van der Waals surface area contributed by atoms with Crippen LogP contribution in [0.1, 0.15) is 18.7 Å². The van der Waals surface area contributed by atoms with Crippen molar-refractivity contribution < 1.29 is 14.6 Å². The fraction of sp³-hybridized carbons (Fsp3) is 0.727. The average Bonchev–Trinajstić information content (AvgIpc) is 2.77. The minimum atomic E-state index is -0.635. The van der Waals surface area contributed by atoms with Gasteiger partial charge in [-0.3, -0.25) is 4.68 Å². The van der Waals surface area contributed by atoms with E-state index < -0.39 is 6.10 Å². The Morgan fingerprint density at radius 3 is 2.88 bits per heavy atom. The predicted molar refractivity (Wildman–Crippen MR) is 64.2 cm³/mol. The highest BCUT2D eigenvalue weighted by molar-refractivity contribution is 5.27. The van der Waals surface area contributed by atoms with Crippen LogP contribution in [0.15, 0.2) is 6.20 Å². The number of ether oxygens (including phenoxy) is 2. The highest BCUT2D eigenvalue weighted by Crippen LogP contribution is 2.24. The first-order valence-electron chi connectivity index (χ1n) is 5.72. The second-order valence-electron chi connectivity index (χ2n) is 3.63. The van der Waals surface area contributed by atoms with Gasteiger partial charge < -0.3 is 19.9 Å². The van der Waals surface area contributed by atoms with Crippen molar-refractivity contribution in [2.24, 2.45) is 0 Å². The van der Waals surface area contributed by atoms with Crippen molar-refractivity contribution in [3.8, 4) is 5.75 Å². The number of rotatable bonds is 8. The van der Waals surface area contributed by atoms with Crippen LogP contribution in [0.4, 0.5) is 0 Å². The molecule has 1 atom stereocenters. The molecular formula is C11H21N3O3. The molecule has 0 spiro atoms. The number of hydrogen-bond donors (Lipinski definition) is 2. The zero-order chi connectivity index (χ0) is 12.7. The lowest BCUT2D eigenvalue weighted by Crippen LogP contribution is -2.26. The van der Waals surface area contributed by atoms with Crippen molar-refractivity contribution in [2.45, 2.75) is 19.6 Å². The standard InChI is InChI=1S/C11H21N3O3/c1-4-14-11(10(17-3)8-13-14)9(15)7-12-5-6-16-2/h8-9,12,15H,4-7H2,1-3H3. The molecule has 1 rings (SSSR count). The van der Waals surface area contributed by atoms with Gasteiger partial charge in [-0.1, -0.05) is 0 Å². The Labute approximate surface area is 102 Å². The second kappa shape index (κ2) is 7.26. The monoisotopic (exact) mass is 243 g/mol. The van der Waals surface area contributed by atoms with Gasteiger partial charge >= 0.3 is 0 Å². The first-order valence-corrected chi connectivity index (χ1v) is 5.72. The molecule has 0 aliphatic rings. The van der Waals surface area contributed by atoms with E-state index in [9.17, 15) is 5.11 Å². The van der Waals surface area contributed by atoms with Gasteiger partial charge in [0.1, 0.15) is 11.8 Å². The summed E-state index contributed by atoms with van der Waals surface area (Å²) in [6.07, 6.45) is 0.987. The Bertz CT molecular complexity index is 306. The highest BCUT2D eigenvalue weighted by atomic mass is 16.5. The quantitative estimate of drug-likeness (QED) is 0.638. The number of hydrogen-bond acceptors (Lipinski definition) is 5. The summed E-state index contributed by atoms with van der Waals surface area (Å²) in [4.78, 5) is 0. The summed E-state index contributed by atoms with van der Waals surface area (Å²) in [7, 11) is 3.22. The minimum Gasteiger partial charge on any atom is -0.493 e. The van der Waals surface area contributed by atoms with Gasteiger partial charge in [0.25, 0.3) is 0 Å². The number of aliphatic hydroxyl groups excluding tert-OH is 1. The van der Waals surface area contributed by atoms with Crippen molar-refractivity contribution >= 4 is 0 Å². The molecule has 0 radical (unpaired) electrons. The normalized spacial score (nSPS) is 12.7. The molecule has 0 saturated carbocycles. The Morgan fingerprint density at radius 2 is 2.29 bits per heavy atom. The lowest BCUT2D eigenvalue weighted by atomic mass is 10.2. The lowest BCUT2D eigenvalue weighted by Gasteiger charge is -2.14. The molecule has 98 valence electrons. The molecule has 2 N–H and O–H groups in total. The van der Waals surface area contributed by atoms with E-state index in [0.29, 0.717) is 37.7 Å². The first kappa shape index (κ1) is 14.0. The van der Waals surface area contributed by atoms with Gasteiger partial charge in [-0.15, -0.1) is 0 Å². The van der Waals surface area contributed by atoms with Crippen molar-refractivity contribution in [1.29, 1.82) is 0 Å². The number of nitrogens with one attached hydrogen (secondary N) is 1. The van der Waals surface area contributed by atoms with Crippen molar-refractivity contribution in [3.63, 3.8) is 0 Å². The minimum absolute atomic E-state index is 0.450. The number of aryl methyl sites for hydroxylation is 1. The highest BCUT2D eigenvalue weighted by Gasteiger charge is 2.18. The third-order valence-electron chi connectivity index (χ3n) is 2.50. The zero-order valence-corrected chi connectivity index (χ0v) is 10.6. The summed E-state index contributed by atoms with van der Waals surface area (Å²) in [6, 6.07) is 0. The summed E-state index contributed by atoms with van der Waals surface area (Å²) >= 11 is 0. The molecule has 1 aromatic heterocycles. The van der Waals surface area contributed by atoms with E-state index in [1.165, 1.54) is 0 Å². The number of nitrogens with zero attached hydrogens (tertiary/aromatic N) is 2. The SMILES string of the molecule is CCn1ncc(OC)c1C(O)CNCCOC. The van der Waals surface area contributed by atoms with Crippen LogP contribution < -0.4 is 10.1 Å². The van der Waals surface area contributed by atoms with Gasteiger partial charge in [-0.25, -0.2) is 0 Å². The van der Waals surface area contributed by atoms with Crippen LogP contribution in [-0.4, -0.2) is 48.8 Å². The smallest absolute Gasteiger partial charge is 0.162 e. The summed E-state index contributed by atoms with van der Waals surface area (Å²) in [5.41, 5.74) is 0.708. The van der Waals surface area contributed by atoms with E-state index in [2.05, 4.69) is 10.4 Å². The second-order valence-corrected chi connectivity index (χ2v) is 3.63. The molecule has 1 heterocycles. The molecule has 0 fully saturated rings. The third-order valence-corrected chi connectivity index (χ3v) is 2.50. The number of aromatic nitrogens is 2. The van der Waals surface area contributed by atoms with Crippen LogP contribution >= 0.6 is 0 Å². The van der Waals surface area contributed by atoms with Crippen LogP contribution in [0.5, 0.6) is 5.75 Å². The fourth-order valence-electron chi connectivity index (χ4n) is 1.63. The largest absolute Gasteiger partial charge is 0.493 e.